The van der Waals surface area contributed by atoms with Crippen LogP contribution in [0.4, 0.5) is 0 Å². The van der Waals surface area contributed by atoms with Crippen molar-refractivity contribution >= 4 is 23.7 Å². The molecule has 4 aliphatic rings. The average Bonchev–Trinajstić information content (AvgIpc) is 3.61. The second kappa shape index (κ2) is 11.9. The van der Waals surface area contributed by atoms with E-state index in [0.717, 1.165) is 0 Å². The minimum Gasteiger partial charge on any atom is -0.457 e. The number of rotatable bonds is 7. The first kappa shape index (κ1) is 32.7. The van der Waals surface area contributed by atoms with Gasteiger partial charge < -0.3 is 19.3 Å². The summed E-state index contributed by atoms with van der Waals surface area (Å²) in [6, 6.07) is 25.2. The molecule has 252 valence electrons. The van der Waals surface area contributed by atoms with E-state index in [4.69, 9.17) is 14.2 Å². The molecule has 2 fully saturated rings. The molecule has 0 aromatic heterocycles. The van der Waals surface area contributed by atoms with Crippen LogP contribution in [0.25, 0.3) is 0 Å². The Labute approximate surface area is 285 Å². The number of hydrogen-bond donors (Lipinski definition) is 1. The molecule has 0 heterocycles. The van der Waals surface area contributed by atoms with E-state index in [9.17, 15) is 19.5 Å². The molecule has 1 N–H and O–H groups in total. The van der Waals surface area contributed by atoms with Crippen LogP contribution in [0.2, 0.25) is 0 Å². The van der Waals surface area contributed by atoms with E-state index >= 15 is 4.79 Å². The third kappa shape index (κ3) is 5.07. The van der Waals surface area contributed by atoms with Crippen molar-refractivity contribution in [2.75, 3.05) is 6.61 Å². The van der Waals surface area contributed by atoms with Crippen molar-refractivity contribution in [2.45, 2.75) is 51.9 Å². The van der Waals surface area contributed by atoms with Crippen molar-refractivity contribution in [3.05, 3.63) is 131 Å². The number of ether oxygens (including phenoxy) is 3. The van der Waals surface area contributed by atoms with Gasteiger partial charge in [0.2, 0.25) is 0 Å². The minimum absolute atomic E-state index is 0.0471. The average molecular weight is 661 g/mol. The fourth-order valence-corrected chi connectivity index (χ4v) is 9.03. The first-order chi connectivity index (χ1) is 23.4. The van der Waals surface area contributed by atoms with Gasteiger partial charge in [0.25, 0.3) is 0 Å². The van der Waals surface area contributed by atoms with Gasteiger partial charge in [0.05, 0.1) is 22.1 Å². The maximum atomic E-state index is 15.2. The number of carbonyl (C=O) groups is 4. The lowest BCUT2D eigenvalue weighted by molar-refractivity contribution is -0.191. The highest BCUT2D eigenvalue weighted by Crippen LogP contribution is 2.72. The Kier molecular flexibility index (Phi) is 7.98. The number of allylic oxidation sites excluding steroid dienone is 1. The third-order valence-corrected chi connectivity index (χ3v) is 11.5. The predicted octanol–water partition coefficient (Wildman–Crippen LogP) is 6.41. The fraction of sp³-hybridized carbons (Fsp3) is 0.366. The maximum absolute atomic E-state index is 15.2. The number of carbonyl (C=O) groups excluding carboxylic acids is 4. The summed E-state index contributed by atoms with van der Waals surface area (Å²) in [5.74, 6) is -3.22. The molecule has 2 bridgehead atoms. The van der Waals surface area contributed by atoms with Crippen LogP contribution < -0.4 is 0 Å². The van der Waals surface area contributed by atoms with Crippen LogP contribution in [-0.2, 0) is 19.0 Å². The lowest BCUT2D eigenvalue weighted by atomic mass is 9.59. The first-order valence-corrected chi connectivity index (χ1v) is 16.8. The van der Waals surface area contributed by atoms with Crippen molar-refractivity contribution in [1.82, 2.24) is 0 Å². The van der Waals surface area contributed by atoms with Gasteiger partial charge in [-0.3, -0.25) is 4.79 Å². The van der Waals surface area contributed by atoms with E-state index in [1.807, 2.05) is 6.92 Å². The highest BCUT2D eigenvalue weighted by atomic mass is 16.6. The summed E-state index contributed by atoms with van der Waals surface area (Å²) in [7, 11) is 0. The summed E-state index contributed by atoms with van der Waals surface area (Å²) in [4.78, 5) is 56.0. The molecule has 8 heteroatoms. The van der Waals surface area contributed by atoms with Crippen LogP contribution in [0.3, 0.4) is 0 Å². The zero-order valence-electron chi connectivity index (χ0n) is 28.0. The number of Topliss-reactive ketones (excluding diaryl/α,β-unsaturated/α-hetero) is 1. The first-order valence-electron chi connectivity index (χ1n) is 16.8. The molecule has 0 saturated heterocycles. The van der Waals surface area contributed by atoms with Crippen molar-refractivity contribution in [3.63, 3.8) is 0 Å². The number of aliphatic hydroxyl groups is 1. The molecule has 8 nitrogen and oxygen atoms in total. The van der Waals surface area contributed by atoms with Crippen LogP contribution in [0.15, 0.2) is 114 Å². The topological polar surface area (TPSA) is 116 Å². The van der Waals surface area contributed by atoms with Crippen molar-refractivity contribution in [2.24, 2.45) is 34.5 Å². The number of ketones is 1. The van der Waals surface area contributed by atoms with Crippen LogP contribution in [0, 0.1) is 34.5 Å². The minimum atomic E-state index is -2.27. The van der Waals surface area contributed by atoms with Crippen molar-refractivity contribution in [1.29, 1.82) is 0 Å². The lowest BCUT2D eigenvalue weighted by Gasteiger charge is -2.49. The van der Waals surface area contributed by atoms with Gasteiger partial charge in [-0.15, -0.1) is 0 Å². The molecular weight excluding hydrogens is 620 g/mol. The monoisotopic (exact) mass is 660 g/mol. The van der Waals surface area contributed by atoms with Crippen molar-refractivity contribution in [3.8, 4) is 0 Å². The molecule has 0 amide bonds. The molecule has 8 atom stereocenters. The van der Waals surface area contributed by atoms with Gasteiger partial charge in [-0.05, 0) is 78.5 Å². The quantitative estimate of drug-likeness (QED) is 0.176. The maximum Gasteiger partial charge on any atom is 0.338 e. The molecule has 0 aliphatic heterocycles. The van der Waals surface area contributed by atoms with Gasteiger partial charge in [-0.25, -0.2) is 14.4 Å². The molecule has 3 aromatic carbocycles. The second-order valence-electron chi connectivity index (χ2n) is 14.5. The van der Waals surface area contributed by atoms with Crippen LogP contribution >= 0.6 is 0 Å². The SMILES string of the molecule is CC1=C[C@]23C(=O)[C@@H](C=C(COC(=O)c4ccccc4)[C@@H](OC(=O)c4ccccc4)[C@]2(O)[C@H]1OC(=O)c1ccccc1)[C@H]1[C@@H](C[C@H]3C)C1(C)C. The summed E-state index contributed by atoms with van der Waals surface area (Å²) in [6.07, 6.45) is 1.25. The molecule has 3 aromatic rings. The van der Waals surface area contributed by atoms with Gasteiger partial charge in [0.15, 0.2) is 23.6 Å². The van der Waals surface area contributed by atoms with Crippen molar-refractivity contribution < 1.29 is 38.5 Å². The Bertz CT molecular complexity index is 1860. The molecule has 0 radical (unpaired) electrons. The van der Waals surface area contributed by atoms with E-state index in [0.29, 0.717) is 17.6 Å². The van der Waals surface area contributed by atoms with E-state index in [1.165, 1.54) is 0 Å². The molecule has 7 rings (SSSR count). The Morgan fingerprint density at radius 2 is 1.27 bits per heavy atom. The number of benzene rings is 3. The summed E-state index contributed by atoms with van der Waals surface area (Å²) >= 11 is 0. The predicted molar refractivity (Wildman–Crippen MR) is 180 cm³/mol. The van der Waals surface area contributed by atoms with Gasteiger partial charge in [0.1, 0.15) is 6.61 Å². The standard InChI is InChI=1S/C41H40O8/c1-24-22-40-25(2)20-31-32(39(31,3)4)30(33(40)42)21-29(23-47-36(43)26-14-8-5-9-15-26)35(49-38(45)28-18-12-7-13-19-28)41(40,46)34(24)48-37(44)27-16-10-6-11-17-27/h5-19,21-22,25,30-32,34-35,46H,20,23H2,1-4H3/t25-,30+,31-,32+,34+,35-,40+,41-/m1/s1. The Morgan fingerprint density at radius 1 is 0.776 bits per heavy atom. The zero-order chi connectivity index (χ0) is 34.7. The van der Waals surface area contributed by atoms with Gasteiger partial charge in [-0.1, -0.05) is 87.5 Å². The third-order valence-electron chi connectivity index (χ3n) is 11.5. The Morgan fingerprint density at radius 3 is 1.80 bits per heavy atom. The van der Waals surface area contributed by atoms with E-state index in [1.54, 1.807) is 110 Å². The highest BCUT2D eigenvalue weighted by molar-refractivity contribution is 5.97. The molecule has 1 spiro atoms. The Hall–Kier alpha value is -4.82. The second-order valence-corrected chi connectivity index (χ2v) is 14.5. The summed E-state index contributed by atoms with van der Waals surface area (Å²) in [5.41, 5.74) is -2.47. The van der Waals surface area contributed by atoms with E-state index < -0.39 is 53.0 Å². The van der Waals surface area contributed by atoms with Gasteiger partial charge in [-0.2, -0.15) is 0 Å². The normalized spacial score (nSPS) is 32.2. The van der Waals surface area contributed by atoms with Crippen LogP contribution in [0.1, 0.15) is 65.2 Å². The molecule has 49 heavy (non-hydrogen) atoms. The number of fused-ring (bicyclic) bond motifs is 3. The van der Waals surface area contributed by atoms with Crippen LogP contribution in [0.5, 0.6) is 0 Å². The van der Waals surface area contributed by atoms with Gasteiger partial charge in [0, 0.05) is 11.5 Å². The van der Waals surface area contributed by atoms with Crippen LogP contribution in [-0.4, -0.2) is 53.2 Å². The molecule has 0 unspecified atom stereocenters. The summed E-state index contributed by atoms with van der Waals surface area (Å²) < 4.78 is 18.3. The summed E-state index contributed by atoms with van der Waals surface area (Å²) in [5, 5.41) is 13.5. The van der Waals surface area contributed by atoms with E-state index in [-0.39, 0.29) is 46.3 Å². The molecule has 2 saturated carbocycles. The lowest BCUT2D eigenvalue weighted by Crippen LogP contribution is -2.66. The van der Waals surface area contributed by atoms with E-state index in [2.05, 4.69) is 13.8 Å². The zero-order valence-corrected chi connectivity index (χ0v) is 28.0. The molecule has 4 aliphatic carbocycles. The Balaban J connectivity index is 1.39. The number of hydrogen-bond acceptors (Lipinski definition) is 8. The van der Waals surface area contributed by atoms with Gasteiger partial charge >= 0.3 is 17.9 Å². The molecular formula is C41H40O8. The highest BCUT2D eigenvalue weighted by Gasteiger charge is 2.77. The fourth-order valence-electron chi connectivity index (χ4n) is 9.03. The largest absolute Gasteiger partial charge is 0.457 e. The number of esters is 3. The summed E-state index contributed by atoms with van der Waals surface area (Å²) in [6.45, 7) is 7.59. The smallest absolute Gasteiger partial charge is 0.338 e.